The highest BCUT2D eigenvalue weighted by molar-refractivity contribution is 9.10. The molecule has 4 rings (SSSR count). The van der Waals surface area contributed by atoms with E-state index in [4.69, 9.17) is 10.00 Å². The first-order chi connectivity index (χ1) is 14.7. The van der Waals surface area contributed by atoms with Gasteiger partial charge in [0.1, 0.15) is 11.2 Å². The highest BCUT2D eigenvalue weighted by Gasteiger charge is 2.23. The zero-order valence-electron chi connectivity index (χ0n) is 18.4. The summed E-state index contributed by atoms with van der Waals surface area (Å²) in [5.41, 5.74) is 3.43. The van der Waals surface area contributed by atoms with E-state index in [0.29, 0.717) is 5.56 Å². The summed E-state index contributed by atoms with van der Waals surface area (Å²) in [6.07, 6.45) is 5.87. The quantitative estimate of drug-likeness (QED) is 0.433. The molecule has 0 aliphatic carbocycles. The van der Waals surface area contributed by atoms with Gasteiger partial charge >= 0.3 is 6.09 Å². The van der Waals surface area contributed by atoms with Crippen LogP contribution in [0.15, 0.2) is 47.2 Å². The van der Waals surface area contributed by atoms with Crippen LogP contribution in [0.1, 0.15) is 39.2 Å². The number of aromatic nitrogens is 2. The summed E-state index contributed by atoms with van der Waals surface area (Å²) in [5.74, 6) is 0. The lowest BCUT2D eigenvalue weighted by atomic mass is 10.0. The normalized spacial score (nSPS) is 13.5. The number of carbonyl (C=O) groups excluding carboxylic acids is 1. The van der Waals surface area contributed by atoms with Crippen molar-refractivity contribution >= 4 is 33.1 Å². The Morgan fingerprint density at radius 2 is 1.81 bits per heavy atom. The number of carbonyl (C=O) groups is 1. The van der Waals surface area contributed by atoms with Gasteiger partial charge in [-0.3, -0.25) is 0 Å². The molecule has 0 spiro atoms. The zero-order chi connectivity index (χ0) is 22.6. The first-order valence-corrected chi connectivity index (χ1v) is 11.1. The zero-order valence-corrected chi connectivity index (χ0v) is 19.9. The fraction of sp³-hybridized carbons (Fsp3) is 0.375. The van der Waals surface area contributed by atoms with Gasteiger partial charge in [0.15, 0.2) is 0 Å². The molecule has 6 nitrogen and oxygen atoms in total. The fourth-order valence-electron chi connectivity index (χ4n) is 3.42. The minimum absolute atomic E-state index is 0.167. The smallest absolute Gasteiger partial charge is 0.410 e. The lowest BCUT2D eigenvalue weighted by Crippen LogP contribution is -2.34. The molecule has 1 fully saturated rings. The van der Waals surface area contributed by atoms with Crippen LogP contribution in [-0.4, -0.2) is 39.2 Å². The summed E-state index contributed by atoms with van der Waals surface area (Å²) in [6.45, 7) is 7.38. The van der Waals surface area contributed by atoms with Crippen LogP contribution >= 0.6 is 15.9 Å². The van der Waals surface area contributed by atoms with Gasteiger partial charge in [0.25, 0.3) is 0 Å². The minimum Gasteiger partial charge on any atom is -0.444 e. The second-order valence-corrected chi connectivity index (χ2v) is 9.36. The number of nitrogens with zero attached hydrogens (tertiary/aromatic N) is 4. The lowest BCUT2D eigenvalue weighted by molar-refractivity contribution is 0.0295. The van der Waals surface area contributed by atoms with Crippen molar-refractivity contribution in [2.75, 3.05) is 13.1 Å². The third-order valence-corrected chi connectivity index (χ3v) is 5.51. The number of halogens is 1. The van der Waals surface area contributed by atoms with Crippen molar-refractivity contribution < 1.29 is 9.53 Å². The van der Waals surface area contributed by atoms with Crippen molar-refractivity contribution in [2.24, 2.45) is 7.05 Å². The number of rotatable bonds is 1. The molecule has 7 heteroatoms. The third kappa shape index (κ3) is 5.65. The number of ether oxygens (including phenoxy) is 1. The Labute approximate surface area is 191 Å². The van der Waals surface area contributed by atoms with E-state index in [0.717, 1.165) is 52.6 Å². The maximum absolute atomic E-state index is 11.4. The number of hydrogen-bond donors (Lipinski definition) is 0. The molecule has 0 N–H and O–H groups in total. The lowest BCUT2D eigenvalue weighted by Gasteiger charge is -2.23. The Bertz CT molecular complexity index is 1100. The average molecular weight is 483 g/mol. The van der Waals surface area contributed by atoms with Crippen molar-refractivity contribution in [3.8, 4) is 17.2 Å². The molecule has 1 aromatic carbocycles. The summed E-state index contributed by atoms with van der Waals surface area (Å²) >= 11 is 3.56. The third-order valence-electron chi connectivity index (χ3n) is 4.91. The predicted molar refractivity (Wildman–Crippen MR) is 126 cm³/mol. The van der Waals surface area contributed by atoms with Crippen LogP contribution < -0.4 is 0 Å². The van der Waals surface area contributed by atoms with E-state index in [1.54, 1.807) is 4.90 Å². The number of hydrogen-bond acceptors (Lipinski definition) is 4. The second kappa shape index (κ2) is 9.52. The van der Waals surface area contributed by atoms with Gasteiger partial charge in [0, 0.05) is 48.0 Å². The molecule has 0 unspecified atom stereocenters. The summed E-state index contributed by atoms with van der Waals surface area (Å²) < 4.78 is 8.16. The molecule has 0 atom stereocenters. The van der Waals surface area contributed by atoms with E-state index < -0.39 is 0 Å². The van der Waals surface area contributed by atoms with Crippen LogP contribution in [-0.2, 0) is 11.8 Å². The van der Waals surface area contributed by atoms with Crippen LogP contribution in [0.5, 0.6) is 0 Å². The van der Waals surface area contributed by atoms with Crippen LogP contribution in [0.3, 0.4) is 0 Å². The van der Waals surface area contributed by atoms with Gasteiger partial charge in [-0.15, -0.1) is 0 Å². The highest BCUT2D eigenvalue weighted by Crippen LogP contribution is 2.34. The minimum atomic E-state index is -0.361. The predicted octanol–water partition coefficient (Wildman–Crippen LogP) is 5.89. The van der Waals surface area contributed by atoms with E-state index in [2.05, 4.69) is 33.0 Å². The molecule has 31 heavy (non-hydrogen) atoms. The number of fused-ring (bicyclic) bond motifs is 1. The van der Waals surface area contributed by atoms with Crippen molar-refractivity contribution in [1.82, 2.24) is 14.5 Å². The largest absolute Gasteiger partial charge is 0.444 e. The summed E-state index contributed by atoms with van der Waals surface area (Å²) in [6, 6.07) is 11.8. The number of likely N-dealkylation sites (tertiary alicyclic amines) is 1. The molecule has 1 aliphatic heterocycles. The van der Waals surface area contributed by atoms with Gasteiger partial charge < -0.3 is 14.2 Å². The van der Waals surface area contributed by atoms with Gasteiger partial charge in [0.05, 0.1) is 11.6 Å². The molecule has 2 aromatic heterocycles. The molecule has 0 bridgehead atoms. The Balaban J connectivity index is 0.000000196. The van der Waals surface area contributed by atoms with Crippen LogP contribution in [0.25, 0.3) is 22.2 Å². The molecule has 162 valence electrons. The summed E-state index contributed by atoms with van der Waals surface area (Å²) in [5, 5.41) is 9.95. The van der Waals surface area contributed by atoms with Gasteiger partial charge in [0.2, 0.25) is 0 Å². The van der Waals surface area contributed by atoms with Gasteiger partial charge in [-0.25, -0.2) is 9.78 Å². The second-order valence-electron chi connectivity index (χ2n) is 8.51. The number of pyridine rings is 1. The van der Waals surface area contributed by atoms with Crippen molar-refractivity contribution in [3.63, 3.8) is 0 Å². The molecule has 1 aliphatic rings. The molecule has 1 amide bonds. The molecular weight excluding hydrogens is 456 g/mol. The molecular formula is C24H27BrN4O2. The average Bonchev–Trinajstić information content (AvgIpc) is 3.38. The first-order valence-electron chi connectivity index (χ1n) is 10.3. The van der Waals surface area contributed by atoms with Gasteiger partial charge in [-0.2, -0.15) is 5.26 Å². The van der Waals surface area contributed by atoms with Crippen LogP contribution in [0.2, 0.25) is 0 Å². The van der Waals surface area contributed by atoms with Crippen LogP contribution in [0, 0.1) is 11.3 Å². The Morgan fingerprint density at radius 1 is 1.16 bits per heavy atom. The van der Waals surface area contributed by atoms with E-state index in [9.17, 15) is 4.79 Å². The maximum Gasteiger partial charge on any atom is 0.410 e. The SMILES string of the molecule is CC(C)(C)OC(=O)N1CCCC1.Cn1ccc2c(-c3ccc(C#N)cc3)c(Br)cnc21. The number of aryl methyl sites for hydroxylation is 1. The molecule has 3 aromatic rings. The molecule has 0 saturated carbocycles. The maximum atomic E-state index is 11.4. The fourth-order valence-corrected chi connectivity index (χ4v) is 3.96. The van der Waals surface area contributed by atoms with E-state index in [1.807, 2.05) is 69.0 Å². The Kier molecular flexibility index (Phi) is 7.01. The number of benzene rings is 1. The molecule has 3 heterocycles. The topological polar surface area (TPSA) is 71.2 Å². The van der Waals surface area contributed by atoms with E-state index >= 15 is 0 Å². The molecule has 1 saturated heterocycles. The van der Waals surface area contributed by atoms with Crippen LogP contribution in [0.4, 0.5) is 4.79 Å². The standard InChI is InChI=1S/C15H10BrN3.C9H17NO2/c1-19-7-6-12-14(13(16)9-18-15(12)19)11-4-2-10(8-17)3-5-11;1-9(2,3)12-8(11)10-6-4-5-7-10/h2-7,9H,1H3;4-7H2,1-3H3. The van der Waals surface area contributed by atoms with Crippen molar-refractivity contribution in [3.05, 3.63) is 52.8 Å². The summed E-state index contributed by atoms with van der Waals surface area (Å²) in [4.78, 5) is 17.6. The van der Waals surface area contributed by atoms with E-state index in [1.165, 1.54) is 0 Å². The number of nitriles is 1. The summed E-state index contributed by atoms with van der Waals surface area (Å²) in [7, 11) is 1.98. The Hall–Kier alpha value is -2.85. The van der Waals surface area contributed by atoms with Crippen molar-refractivity contribution in [1.29, 1.82) is 5.26 Å². The van der Waals surface area contributed by atoms with Crippen molar-refractivity contribution in [2.45, 2.75) is 39.2 Å². The Morgan fingerprint density at radius 3 is 2.39 bits per heavy atom. The monoisotopic (exact) mass is 482 g/mol. The molecule has 0 radical (unpaired) electrons. The highest BCUT2D eigenvalue weighted by atomic mass is 79.9. The first kappa shape index (κ1) is 22.8. The van der Waals surface area contributed by atoms with Gasteiger partial charge in [-0.1, -0.05) is 12.1 Å². The van der Waals surface area contributed by atoms with Gasteiger partial charge in [-0.05, 0) is 73.3 Å². The van der Waals surface area contributed by atoms with E-state index in [-0.39, 0.29) is 11.7 Å². The number of amides is 1.